The second-order valence-corrected chi connectivity index (χ2v) is 7.56. The minimum absolute atomic E-state index is 0. The Balaban J connectivity index is 0.000000925. The molecule has 23 heavy (non-hydrogen) atoms. The van der Waals surface area contributed by atoms with Gasteiger partial charge in [0, 0.05) is 12.9 Å². The Hall–Kier alpha value is -1.57. The first-order chi connectivity index (χ1) is 10.9. The van der Waals surface area contributed by atoms with E-state index in [1.165, 1.54) is 36.1 Å². The molecule has 128 valence electrons. The Morgan fingerprint density at radius 3 is 2.30 bits per heavy atom. The van der Waals surface area contributed by atoms with Gasteiger partial charge in [-0.2, -0.15) is 0 Å². The molecule has 2 aromatic rings. The van der Waals surface area contributed by atoms with Gasteiger partial charge < -0.3 is 4.98 Å². The SMILES string of the molecule is CC.CC(C)c1ncc(-c2ccc(C(C)(C)C)c3c2CCC3)[nH]1.[HH]. The Morgan fingerprint density at radius 2 is 1.74 bits per heavy atom. The maximum absolute atomic E-state index is 4.53. The zero-order valence-corrected chi connectivity index (χ0v) is 15.9. The minimum Gasteiger partial charge on any atom is -0.342 e. The fourth-order valence-electron chi connectivity index (χ4n) is 3.43. The van der Waals surface area contributed by atoms with Crippen molar-refractivity contribution < 1.29 is 1.43 Å². The van der Waals surface area contributed by atoms with Crippen LogP contribution < -0.4 is 0 Å². The first-order valence-corrected chi connectivity index (χ1v) is 9.08. The van der Waals surface area contributed by atoms with Gasteiger partial charge in [-0.25, -0.2) is 4.98 Å². The van der Waals surface area contributed by atoms with Crippen LogP contribution in [0, 0.1) is 0 Å². The molecule has 2 nitrogen and oxygen atoms in total. The highest BCUT2D eigenvalue weighted by Gasteiger charge is 2.25. The molecule has 0 saturated heterocycles. The molecule has 0 atom stereocenters. The van der Waals surface area contributed by atoms with E-state index in [0.717, 1.165) is 5.82 Å². The van der Waals surface area contributed by atoms with E-state index >= 15 is 0 Å². The summed E-state index contributed by atoms with van der Waals surface area (Å²) < 4.78 is 0. The van der Waals surface area contributed by atoms with Gasteiger partial charge in [0.25, 0.3) is 0 Å². The molecule has 0 amide bonds. The van der Waals surface area contributed by atoms with Crippen LogP contribution in [0.5, 0.6) is 0 Å². The van der Waals surface area contributed by atoms with E-state index in [0.29, 0.717) is 5.92 Å². The van der Waals surface area contributed by atoms with E-state index in [1.54, 1.807) is 11.1 Å². The number of nitrogens with zero attached hydrogens (tertiary/aromatic N) is 1. The highest BCUT2D eigenvalue weighted by Crippen LogP contribution is 2.38. The maximum Gasteiger partial charge on any atom is 0.109 e. The summed E-state index contributed by atoms with van der Waals surface area (Å²) >= 11 is 0. The van der Waals surface area contributed by atoms with Crippen LogP contribution in [0.4, 0.5) is 0 Å². The molecule has 0 saturated carbocycles. The number of benzene rings is 1. The molecule has 0 radical (unpaired) electrons. The summed E-state index contributed by atoms with van der Waals surface area (Å²) in [5, 5.41) is 0. The van der Waals surface area contributed by atoms with Crippen LogP contribution in [-0.4, -0.2) is 9.97 Å². The fraction of sp³-hybridized carbons (Fsp3) is 0.571. The molecular formula is C21H34N2. The van der Waals surface area contributed by atoms with E-state index in [-0.39, 0.29) is 6.84 Å². The van der Waals surface area contributed by atoms with Crippen LogP contribution in [0.1, 0.15) is 84.7 Å². The number of fused-ring (bicyclic) bond motifs is 1. The third-order valence-corrected chi connectivity index (χ3v) is 4.53. The molecule has 2 heteroatoms. The lowest BCUT2D eigenvalue weighted by Gasteiger charge is -2.24. The van der Waals surface area contributed by atoms with Crippen molar-refractivity contribution in [3.05, 3.63) is 40.8 Å². The van der Waals surface area contributed by atoms with Crippen molar-refractivity contribution in [1.82, 2.24) is 9.97 Å². The quantitative estimate of drug-likeness (QED) is 0.696. The summed E-state index contributed by atoms with van der Waals surface area (Å²) in [4.78, 5) is 8.04. The van der Waals surface area contributed by atoms with Crippen molar-refractivity contribution in [1.29, 1.82) is 0 Å². The van der Waals surface area contributed by atoms with Crippen molar-refractivity contribution in [2.24, 2.45) is 0 Å². The summed E-state index contributed by atoms with van der Waals surface area (Å²) in [6, 6.07) is 4.62. The Labute approximate surface area is 143 Å². The van der Waals surface area contributed by atoms with E-state index in [2.05, 4.69) is 56.7 Å². The van der Waals surface area contributed by atoms with E-state index in [4.69, 9.17) is 0 Å². The molecule has 1 aliphatic carbocycles. The first kappa shape index (κ1) is 17.8. The Kier molecular flexibility index (Phi) is 5.33. The lowest BCUT2D eigenvalue weighted by Crippen LogP contribution is -2.14. The number of aromatic nitrogens is 2. The molecule has 1 N–H and O–H groups in total. The van der Waals surface area contributed by atoms with Crippen LogP contribution in [0.2, 0.25) is 0 Å². The normalized spacial score (nSPS) is 13.7. The smallest absolute Gasteiger partial charge is 0.109 e. The fourth-order valence-corrected chi connectivity index (χ4v) is 3.43. The third kappa shape index (κ3) is 3.52. The van der Waals surface area contributed by atoms with Crippen LogP contribution in [0.25, 0.3) is 11.3 Å². The van der Waals surface area contributed by atoms with Gasteiger partial charge >= 0.3 is 0 Å². The predicted molar refractivity (Wildman–Crippen MR) is 102 cm³/mol. The van der Waals surface area contributed by atoms with Gasteiger partial charge in [-0.1, -0.05) is 60.6 Å². The number of aromatic amines is 1. The van der Waals surface area contributed by atoms with Gasteiger partial charge in [-0.3, -0.25) is 0 Å². The second-order valence-electron chi connectivity index (χ2n) is 7.56. The number of imidazole rings is 1. The zero-order chi connectivity index (χ0) is 17.2. The van der Waals surface area contributed by atoms with Crippen molar-refractivity contribution >= 4 is 0 Å². The van der Waals surface area contributed by atoms with Crippen molar-refractivity contribution in [2.45, 2.75) is 79.1 Å². The van der Waals surface area contributed by atoms with E-state index < -0.39 is 0 Å². The number of rotatable bonds is 2. The number of H-pyrrole nitrogens is 1. The molecule has 1 aromatic carbocycles. The van der Waals surface area contributed by atoms with Crippen molar-refractivity contribution in [3.8, 4) is 11.3 Å². The van der Waals surface area contributed by atoms with Crippen LogP contribution in [0.15, 0.2) is 18.3 Å². The maximum atomic E-state index is 4.53. The van der Waals surface area contributed by atoms with Crippen molar-refractivity contribution in [3.63, 3.8) is 0 Å². The molecule has 0 spiro atoms. The van der Waals surface area contributed by atoms with Crippen LogP contribution in [0.3, 0.4) is 0 Å². The first-order valence-electron chi connectivity index (χ1n) is 9.08. The average Bonchev–Trinajstić information content (AvgIpc) is 3.16. The molecule has 0 bridgehead atoms. The largest absolute Gasteiger partial charge is 0.342 e. The molecule has 0 fully saturated rings. The zero-order valence-electron chi connectivity index (χ0n) is 15.9. The summed E-state index contributed by atoms with van der Waals surface area (Å²) in [7, 11) is 0. The third-order valence-electron chi connectivity index (χ3n) is 4.53. The molecule has 3 rings (SSSR count). The van der Waals surface area contributed by atoms with Crippen LogP contribution in [-0.2, 0) is 18.3 Å². The van der Waals surface area contributed by atoms with E-state index in [1.807, 2.05) is 20.0 Å². The summed E-state index contributed by atoms with van der Waals surface area (Å²) in [5.41, 5.74) is 7.40. The summed E-state index contributed by atoms with van der Waals surface area (Å²) in [6.45, 7) is 15.3. The lowest BCUT2D eigenvalue weighted by molar-refractivity contribution is 0.583. The minimum atomic E-state index is 0. The van der Waals surface area contributed by atoms with Crippen molar-refractivity contribution in [2.75, 3.05) is 0 Å². The van der Waals surface area contributed by atoms with Gasteiger partial charge in [0.05, 0.1) is 11.9 Å². The molecular weight excluding hydrogens is 280 g/mol. The predicted octanol–water partition coefficient (Wildman–Crippen LogP) is 6.26. The molecule has 1 aliphatic rings. The number of hydrogen-bond donors (Lipinski definition) is 1. The van der Waals surface area contributed by atoms with Gasteiger partial charge in [0.15, 0.2) is 0 Å². The second kappa shape index (κ2) is 6.90. The topological polar surface area (TPSA) is 28.7 Å². The standard InChI is InChI=1S/C19H26N2.C2H6.H2/c1-12(2)18-20-11-17(21-18)15-9-10-16(19(3,4)5)14-8-6-7-13(14)15;1-2;/h9-12H,6-8H2,1-5H3,(H,20,21);1-2H3;1H. The van der Waals surface area contributed by atoms with Crippen LogP contribution >= 0.6 is 0 Å². The monoisotopic (exact) mass is 314 g/mol. The highest BCUT2D eigenvalue weighted by atomic mass is 14.9. The van der Waals surface area contributed by atoms with Gasteiger partial charge in [0.2, 0.25) is 0 Å². The number of hydrogen-bond acceptors (Lipinski definition) is 1. The molecule has 0 unspecified atom stereocenters. The molecule has 1 aromatic heterocycles. The van der Waals surface area contributed by atoms with Gasteiger partial charge in [0.1, 0.15) is 5.82 Å². The van der Waals surface area contributed by atoms with Gasteiger partial charge in [-0.05, 0) is 41.4 Å². The molecule has 0 aliphatic heterocycles. The Morgan fingerprint density at radius 1 is 1.09 bits per heavy atom. The average molecular weight is 315 g/mol. The number of nitrogens with one attached hydrogen (secondary N) is 1. The van der Waals surface area contributed by atoms with Gasteiger partial charge in [-0.15, -0.1) is 0 Å². The molecule has 1 heterocycles. The Bertz CT molecular complexity index is 663. The lowest BCUT2D eigenvalue weighted by atomic mass is 9.81. The van der Waals surface area contributed by atoms with E-state index in [9.17, 15) is 0 Å². The summed E-state index contributed by atoms with van der Waals surface area (Å²) in [5.74, 6) is 1.53. The summed E-state index contributed by atoms with van der Waals surface area (Å²) in [6.07, 6.45) is 5.70. The highest BCUT2D eigenvalue weighted by molar-refractivity contribution is 5.68.